The van der Waals surface area contributed by atoms with Gasteiger partial charge in [-0.2, -0.15) is 0 Å². The summed E-state index contributed by atoms with van der Waals surface area (Å²) in [5, 5.41) is 19.8. The highest BCUT2D eigenvalue weighted by Crippen LogP contribution is 2.31. The van der Waals surface area contributed by atoms with Gasteiger partial charge in [0.1, 0.15) is 23.5 Å². The second kappa shape index (κ2) is 4.22. The summed E-state index contributed by atoms with van der Waals surface area (Å²) in [5.74, 6) is 0.632. The topological polar surface area (TPSA) is 93.3 Å². The van der Waals surface area contributed by atoms with Gasteiger partial charge in [0.15, 0.2) is 11.9 Å². The molecule has 0 aromatic carbocycles. The van der Waals surface area contributed by atoms with Crippen molar-refractivity contribution in [3.63, 3.8) is 0 Å². The first kappa shape index (κ1) is 12.5. The van der Waals surface area contributed by atoms with Gasteiger partial charge in [0, 0.05) is 0 Å². The number of aryl methyl sites for hydroxylation is 2. The van der Waals surface area contributed by atoms with Crippen molar-refractivity contribution in [2.75, 3.05) is 0 Å². The van der Waals surface area contributed by atoms with Crippen molar-refractivity contribution in [1.29, 1.82) is 0 Å². The zero-order chi connectivity index (χ0) is 13.7. The first-order valence-electron chi connectivity index (χ1n) is 6.18. The Bertz CT molecular complexity index is 627. The third-order valence-corrected chi connectivity index (χ3v) is 3.46. The van der Waals surface area contributed by atoms with Gasteiger partial charge in [0.05, 0.1) is 18.1 Å². The highest BCUT2D eigenvalue weighted by Gasteiger charge is 2.42. The van der Waals surface area contributed by atoms with Crippen molar-refractivity contribution >= 4 is 11.2 Å². The standard InChI is InChI=1S/C12H16N4O3/c1-5-8-11(15-7(3)14-5)16(4-13-8)12-10(18)9(17)6(2)19-12/h4,6,9-10,12,17-18H,1-3H3/t6-,9?,10+,12-/m1/s1. The van der Waals surface area contributed by atoms with Gasteiger partial charge < -0.3 is 14.9 Å². The predicted octanol–water partition coefficient (Wildman–Crippen LogP) is 0.0822. The molecule has 1 aliphatic heterocycles. The van der Waals surface area contributed by atoms with Gasteiger partial charge in [0.25, 0.3) is 0 Å². The summed E-state index contributed by atoms with van der Waals surface area (Å²) in [7, 11) is 0. The van der Waals surface area contributed by atoms with Crippen LogP contribution >= 0.6 is 0 Å². The Hall–Kier alpha value is -1.57. The molecule has 2 aromatic rings. The Morgan fingerprint density at radius 1 is 1.21 bits per heavy atom. The lowest BCUT2D eigenvalue weighted by molar-refractivity contribution is -0.0299. The molecule has 102 valence electrons. The number of nitrogens with zero attached hydrogens (tertiary/aromatic N) is 4. The Balaban J connectivity index is 2.11. The second-order valence-corrected chi connectivity index (χ2v) is 4.89. The first-order chi connectivity index (χ1) is 8.99. The Labute approximate surface area is 109 Å². The number of aliphatic hydroxyl groups is 2. The first-order valence-corrected chi connectivity index (χ1v) is 6.18. The maximum Gasteiger partial charge on any atom is 0.166 e. The van der Waals surface area contributed by atoms with E-state index in [0.29, 0.717) is 17.0 Å². The Morgan fingerprint density at radius 2 is 1.95 bits per heavy atom. The third-order valence-electron chi connectivity index (χ3n) is 3.46. The molecule has 7 nitrogen and oxygen atoms in total. The zero-order valence-corrected chi connectivity index (χ0v) is 11.0. The van der Waals surface area contributed by atoms with Crippen LogP contribution in [-0.2, 0) is 4.74 Å². The zero-order valence-electron chi connectivity index (χ0n) is 11.0. The van der Waals surface area contributed by atoms with Crippen LogP contribution in [0.25, 0.3) is 11.2 Å². The molecule has 2 aromatic heterocycles. The molecular weight excluding hydrogens is 248 g/mol. The van der Waals surface area contributed by atoms with Crippen LogP contribution in [-0.4, -0.2) is 48.0 Å². The van der Waals surface area contributed by atoms with Crippen LogP contribution in [0.4, 0.5) is 0 Å². The summed E-state index contributed by atoms with van der Waals surface area (Å²) in [5.41, 5.74) is 2.06. The molecule has 0 saturated carbocycles. The summed E-state index contributed by atoms with van der Waals surface area (Å²) in [6, 6.07) is 0. The van der Waals surface area contributed by atoms with Crippen LogP contribution in [0.15, 0.2) is 6.33 Å². The molecule has 0 spiro atoms. The molecule has 0 radical (unpaired) electrons. The van der Waals surface area contributed by atoms with Crippen LogP contribution in [0.2, 0.25) is 0 Å². The lowest BCUT2D eigenvalue weighted by atomic mass is 10.1. The van der Waals surface area contributed by atoms with Crippen molar-refractivity contribution in [1.82, 2.24) is 19.5 Å². The number of aromatic nitrogens is 4. The normalized spacial score (nSPS) is 31.2. The molecule has 0 bridgehead atoms. The lowest BCUT2D eigenvalue weighted by Crippen LogP contribution is -2.30. The molecule has 1 saturated heterocycles. The van der Waals surface area contributed by atoms with Crippen LogP contribution in [0, 0.1) is 13.8 Å². The van der Waals surface area contributed by atoms with Crippen molar-refractivity contribution in [2.24, 2.45) is 0 Å². The molecule has 4 atom stereocenters. The minimum Gasteiger partial charge on any atom is -0.388 e. The average Bonchev–Trinajstić information content (AvgIpc) is 2.86. The van der Waals surface area contributed by atoms with Crippen molar-refractivity contribution < 1.29 is 14.9 Å². The molecule has 1 aliphatic rings. The van der Waals surface area contributed by atoms with E-state index in [1.165, 1.54) is 0 Å². The summed E-state index contributed by atoms with van der Waals surface area (Å²) in [6.45, 7) is 5.38. The average molecular weight is 264 g/mol. The second-order valence-electron chi connectivity index (χ2n) is 4.89. The van der Waals surface area contributed by atoms with E-state index < -0.39 is 24.5 Å². The lowest BCUT2D eigenvalue weighted by Gasteiger charge is -2.16. The van der Waals surface area contributed by atoms with E-state index in [1.54, 1.807) is 24.7 Å². The summed E-state index contributed by atoms with van der Waals surface area (Å²) in [4.78, 5) is 12.8. The Morgan fingerprint density at radius 3 is 2.58 bits per heavy atom. The molecule has 0 amide bonds. The largest absolute Gasteiger partial charge is 0.388 e. The highest BCUT2D eigenvalue weighted by molar-refractivity contribution is 5.73. The molecule has 2 N–H and O–H groups in total. The number of imidazole rings is 1. The van der Waals surface area contributed by atoms with Gasteiger partial charge in [-0.25, -0.2) is 15.0 Å². The van der Waals surface area contributed by atoms with Crippen molar-refractivity contribution in [2.45, 2.75) is 45.3 Å². The number of hydrogen-bond donors (Lipinski definition) is 2. The molecule has 1 unspecified atom stereocenters. The molecule has 7 heteroatoms. The molecule has 3 heterocycles. The summed E-state index contributed by atoms with van der Waals surface area (Å²) < 4.78 is 7.23. The predicted molar refractivity (Wildman–Crippen MR) is 66.4 cm³/mol. The van der Waals surface area contributed by atoms with Crippen LogP contribution in [0.3, 0.4) is 0 Å². The highest BCUT2D eigenvalue weighted by atomic mass is 16.6. The fraction of sp³-hybridized carbons (Fsp3) is 0.583. The third kappa shape index (κ3) is 1.81. The monoisotopic (exact) mass is 264 g/mol. The van der Waals surface area contributed by atoms with Crippen LogP contribution in [0.1, 0.15) is 24.7 Å². The van der Waals surface area contributed by atoms with Gasteiger partial charge in [0.2, 0.25) is 0 Å². The maximum atomic E-state index is 10.0. The van der Waals surface area contributed by atoms with Gasteiger partial charge in [-0.15, -0.1) is 0 Å². The smallest absolute Gasteiger partial charge is 0.166 e. The minimum absolute atomic E-state index is 0.429. The molecule has 0 aliphatic carbocycles. The Kier molecular flexibility index (Phi) is 2.77. The number of rotatable bonds is 1. The van der Waals surface area contributed by atoms with Gasteiger partial charge in [-0.3, -0.25) is 4.57 Å². The van der Waals surface area contributed by atoms with Gasteiger partial charge in [-0.1, -0.05) is 0 Å². The number of hydrogen-bond acceptors (Lipinski definition) is 6. The molecular formula is C12H16N4O3. The molecule has 3 rings (SSSR count). The SMILES string of the molecule is Cc1nc(C)c2ncn([C@@H]3O[C@H](C)C(O)[C@@H]3O)c2n1. The van der Waals surface area contributed by atoms with E-state index in [9.17, 15) is 10.2 Å². The molecule has 19 heavy (non-hydrogen) atoms. The van der Waals surface area contributed by atoms with Crippen LogP contribution < -0.4 is 0 Å². The van der Waals surface area contributed by atoms with Gasteiger partial charge >= 0.3 is 0 Å². The van der Waals surface area contributed by atoms with Gasteiger partial charge in [-0.05, 0) is 20.8 Å². The summed E-state index contributed by atoms with van der Waals surface area (Å²) >= 11 is 0. The number of ether oxygens (including phenoxy) is 1. The maximum absolute atomic E-state index is 10.0. The fourth-order valence-corrected chi connectivity index (χ4v) is 2.44. The molecule has 1 fully saturated rings. The fourth-order valence-electron chi connectivity index (χ4n) is 2.44. The van der Waals surface area contributed by atoms with E-state index in [4.69, 9.17) is 4.74 Å². The van der Waals surface area contributed by atoms with E-state index in [1.807, 2.05) is 6.92 Å². The van der Waals surface area contributed by atoms with E-state index in [0.717, 1.165) is 5.69 Å². The number of aliphatic hydroxyl groups excluding tert-OH is 2. The quantitative estimate of drug-likeness (QED) is 0.757. The van der Waals surface area contributed by atoms with E-state index in [-0.39, 0.29) is 0 Å². The van der Waals surface area contributed by atoms with Crippen LogP contribution in [0.5, 0.6) is 0 Å². The van der Waals surface area contributed by atoms with Crippen molar-refractivity contribution in [3.8, 4) is 0 Å². The minimum atomic E-state index is -0.997. The number of fused-ring (bicyclic) bond motifs is 1. The van der Waals surface area contributed by atoms with Crippen molar-refractivity contribution in [3.05, 3.63) is 17.8 Å². The van der Waals surface area contributed by atoms with E-state index in [2.05, 4.69) is 15.0 Å². The summed E-state index contributed by atoms with van der Waals surface area (Å²) in [6.07, 6.45) is -1.45. The van der Waals surface area contributed by atoms with E-state index >= 15 is 0 Å².